The molecule has 0 amide bonds. The van der Waals surface area contributed by atoms with Gasteiger partial charge in [-0.25, -0.2) is 0 Å². The van der Waals surface area contributed by atoms with Crippen molar-refractivity contribution in [2.24, 2.45) is 0 Å². The Morgan fingerprint density at radius 2 is 1.86 bits per heavy atom. The van der Waals surface area contributed by atoms with Gasteiger partial charge in [-0.3, -0.25) is 9.48 Å². The Labute approximate surface area is 126 Å². The van der Waals surface area contributed by atoms with Gasteiger partial charge in [-0.15, -0.1) is 0 Å². The van der Waals surface area contributed by atoms with Crippen LogP contribution in [-0.2, 0) is 6.18 Å². The molecule has 2 aromatic rings. The molecule has 1 heterocycles. The summed E-state index contributed by atoms with van der Waals surface area (Å²) in [6.45, 7) is 3.89. The molecular formula is C16H15F3N2O. The lowest BCUT2D eigenvalue weighted by atomic mass is 10.1. The van der Waals surface area contributed by atoms with Gasteiger partial charge >= 0.3 is 6.18 Å². The molecule has 0 saturated carbocycles. The molecule has 0 saturated heterocycles. The Balaban J connectivity index is 2.09. The molecule has 6 heteroatoms. The third-order valence-electron chi connectivity index (χ3n) is 3.08. The number of nitrogens with zero attached hydrogens (tertiary/aromatic N) is 2. The molecule has 1 aromatic heterocycles. The first-order chi connectivity index (χ1) is 10.3. The average molecular weight is 308 g/mol. The van der Waals surface area contributed by atoms with Crippen LogP contribution in [0.5, 0.6) is 0 Å². The second-order valence-electron chi connectivity index (χ2n) is 5.12. The number of carbonyl (C=O) groups excluding carboxylic acids is 1. The number of hydrogen-bond donors (Lipinski definition) is 0. The summed E-state index contributed by atoms with van der Waals surface area (Å²) in [5, 5.41) is 4.07. The summed E-state index contributed by atoms with van der Waals surface area (Å²) < 4.78 is 39.0. The highest BCUT2D eigenvalue weighted by atomic mass is 19.4. The molecule has 0 fully saturated rings. The van der Waals surface area contributed by atoms with Gasteiger partial charge in [0.2, 0.25) is 0 Å². The Morgan fingerprint density at radius 3 is 2.36 bits per heavy atom. The van der Waals surface area contributed by atoms with Crippen molar-refractivity contribution in [3.63, 3.8) is 0 Å². The largest absolute Gasteiger partial charge is 0.416 e. The molecule has 116 valence electrons. The zero-order chi connectivity index (χ0) is 16.3. The van der Waals surface area contributed by atoms with E-state index in [1.165, 1.54) is 30.5 Å². The number of carbonyl (C=O) groups is 1. The maximum absolute atomic E-state index is 12.4. The van der Waals surface area contributed by atoms with Crippen LogP contribution in [0.25, 0.3) is 6.08 Å². The molecule has 0 aliphatic heterocycles. The number of aromatic nitrogens is 2. The minimum atomic E-state index is -4.36. The van der Waals surface area contributed by atoms with E-state index in [9.17, 15) is 18.0 Å². The van der Waals surface area contributed by atoms with E-state index >= 15 is 0 Å². The summed E-state index contributed by atoms with van der Waals surface area (Å²) in [5.41, 5.74) is 0.253. The SMILES string of the molecule is CC(C)n1cc(C(=O)C=Cc2ccc(C(F)(F)F)cc2)cn1. The van der Waals surface area contributed by atoms with Crippen LogP contribution in [0.4, 0.5) is 13.2 Å². The summed E-state index contributed by atoms with van der Waals surface area (Å²) in [6, 6.07) is 4.77. The highest BCUT2D eigenvalue weighted by Gasteiger charge is 2.29. The smallest absolute Gasteiger partial charge is 0.289 e. The first-order valence-corrected chi connectivity index (χ1v) is 6.71. The van der Waals surface area contributed by atoms with E-state index in [1.807, 2.05) is 13.8 Å². The van der Waals surface area contributed by atoms with Crippen molar-refractivity contribution in [2.45, 2.75) is 26.1 Å². The standard InChI is InChI=1S/C16H15F3N2O/c1-11(2)21-10-13(9-20-21)15(22)8-5-12-3-6-14(7-4-12)16(17,18)19/h3-11H,1-2H3. The predicted octanol–water partition coefficient (Wildman–Crippen LogP) is 4.38. The predicted molar refractivity (Wildman–Crippen MR) is 77.4 cm³/mol. The molecule has 3 nitrogen and oxygen atoms in total. The molecular weight excluding hydrogens is 293 g/mol. The Hall–Kier alpha value is -2.37. The lowest BCUT2D eigenvalue weighted by Gasteiger charge is -2.05. The number of halogens is 3. The lowest BCUT2D eigenvalue weighted by molar-refractivity contribution is -0.137. The van der Waals surface area contributed by atoms with Gasteiger partial charge in [-0.1, -0.05) is 18.2 Å². The molecule has 22 heavy (non-hydrogen) atoms. The van der Waals surface area contributed by atoms with Crippen LogP contribution in [0.15, 0.2) is 42.7 Å². The maximum Gasteiger partial charge on any atom is 0.416 e. The molecule has 0 aliphatic rings. The van der Waals surface area contributed by atoms with Crippen molar-refractivity contribution in [1.82, 2.24) is 9.78 Å². The average Bonchev–Trinajstić information content (AvgIpc) is 2.94. The van der Waals surface area contributed by atoms with Crippen LogP contribution in [0.1, 0.15) is 41.4 Å². The molecule has 1 aromatic carbocycles. The number of rotatable bonds is 4. The first-order valence-electron chi connectivity index (χ1n) is 6.71. The van der Waals surface area contributed by atoms with E-state index in [0.29, 0.717) is 11.1 Å². The summed E-state index contributed by atoms with van der Waals surface area (Å²) in [4.78, 5) is 12.0. The number of benzene rings is 1. The van der Waals surface area contributed by atoms with Crippen LogP contribution in [0.3, 0.4) is 0 Å². The van der Waals surface area contributed by atoms with Crippen molar-refractivity contribution >= 4 is 11.9 Å². The number of allylic oxidation sites excluding steroid dienone is 1. The van der Waals surface area contributed by atoms with Crippen LogP contribution < -0.4 is 0 Å². The summed E-state index contributed by atoms with van der Waals surface area (Å²) in [5.74, 6) is -0.244. The second-order valence-corrected chi connectivity index (χ2v) is 5.12. The number of alkyl halides is 3. The first kappa shape index (κ1) is 16.0. The Morgan fingerprint density at radius 1 is 1.23 bits per heavy atom. The molecule has 0 atom stereocenters. The zero-order valence-corrected chi connectivity index (χ0v) is 12.1. The fourth-order valence-corrected chi connectivity index (χ4v) is 1.80. The molecule has 0 aliphatic carbocycles. The molecule has 0 bridgehead atoms. The van der Waals surface area contributed by atoms with E-state index < -0.39 is 11.7 Å². The minimum absolute atomic E-state index is 0.153. The molecule has 0 radical (unpaired) electrons. The molecule has 2 rings (SSSR count). The second kappa shape index (κ2) is 6.17. The Bertz CT molecular complexity index is 682. The topological polar surface area (TPSA) is 34.9 Å². The molecule has 0 N–H and O–H groups in total. The Kier molecular flexibility index (Phi) is 4.49. The normalized spacial score (nSPS) is 12.3. The maximum atomic E-state index is 12.4. The number of ketones is 1. The van der Waals surface area contributed by atoms with Crippen LogP contribution in [-0.4, -0.2) is 15.6 Å². The van der Waals surface area contributed by atoms with Gasteiger partial charge in [0.1, 0.15) is 0 Å². The van der Waals surface area contributed by atoms with Gasteiger partial charge in [0, 0.05) is 12.2 Å². The summed E-state index contributed by atoms with van der Waals surface area (Å²) in [6.07, 6.45) is 1.56. The van der Waals surface area contributed by atoms with Crippen molar-refractivity contribution in [1.29, 1.82) is 0 Å². The fraction of sp³-hybridized carbons (Fsp3) is 0.250. The van der Waals surface area contributed by atoms with Crippen molar-refractivity contribution in [2.75, 3.05) is 0 Å². The quantitative estimate of drug-likeness (QED) is 0.620. The van der Waals surface area contributed by atoms with E-state index in [0.717, 1.165) is 12.1 Å². The van der Waals surface area contributed by atoms with E-state index in [1.54, 1.807) is 10.9 Å². The summed E-state index contributed by atoms with van der Waals surface area (Å²) >= 11 is 0. The lowest BCUT2D eigenvalue weighted by Crippen LogP contribution is -2.04. The highest BCUT2D eigenvalue weighted by molar-refractivity contribution is 6.06. The van der Waals surface area contributed by atoms with Gasteiger partial charge in [0.15, 0.2) is 5.78 Å². The van der Waals surface area contributed by atoms with E-state index in [-0.39, 0.29) is 11.8 Å². The third kappa shape index (κ3) is 3.84. The van der Waals surface area contributed by atoms with Gasteiger partial charge in [-0.05, 0) is 37.6 Å². The van der Waals surface area contributed by atoms with Gasteiger partial charge in [0.05, 0.1) is 17.3 Å². The minimum Gasteiger partial charge on any atom is -0.289 e. The van der Waals surface area contributed by atoms with Crippen LogP contribution in [0.2, 0.25) is 0 Å². The van der Waals surface area contributed by atoms with Crippen LogP contribution in [0, 0.1) is 0 Å². The van der Waals surface area contributed by atoms with Crippen molar-refractivity contribution in [3.05, 3.63) is 59.4 Å². The van der Waals surface area contributed by atoms with Crippen molar-refractivity contribution < 1.29 is 18.0 Å². The van der Waals surface area contributed by atoms with Gasteiger partial charge in [-0.2, -0.15) is 18.3 Å². The summed E-state index contributed by atoms with van der Waals surface area (Å²) in [7, 11) is 0. The third-order valence-corrected chi connectivity index (χ3v) is 3.08. The van der Waals surface area contributed by atoms with Gasteiger partial charge < -0.3 is 0 Å². The van der Waals surface area contributed by atoms with Gasteiger partial charge in [0.25, 0.3) is 0 Å². The molecule has 0 unspecified atom stereocenters. The zero-order valence-electron chi connectivity index (χ0n) is 12.1. The molecule has 0 spiro atoms. The van der Waals surface area contributed by atoms with Crippen molar-refractivity contribution in [3.8, 4) is 0 Å². The van der Waals surface area contributed by atoms with Crippen LogP contribution >= 0.6 is 0 Å². The highest BCUT2D eigenvalue weighted by Crippen LogP contribution is 2.29. The van der Waals surface area contributed by atoms with E-state index in [2.05, 4.69) is 5.10 Å². The fourth-order valence-electron chi connectivity index (χ4n) is 1.80. The monoisotopic (exact) mass is 308 g/mol. The van der Waals surface area contributed by atoms with E-state index in [4.69, 9.17) is 0 Å². The number of hydrogen-bond acceptors (Lipinski definition) is 2.